The Morgan fingerprint density at radius 2 is 2.07 bits per heavy atom. The van der Waals surface area contributed by atoms with E-state index >= 15 is 0 Å². The highest BCUT2D eigenvalue weighted by molar-refractivity contribution is 6.39. The number of rotatable bonds is 1. The Kier molecular flexibility index (Phi) is 2.31. The summed E-state index contributed by atoms with van der Waals surface area (Å²) in [6, 6.07) is 5.94. The van der Waals surface area contributed by atoms with E-state index in [9.17, 15) is 4.79 Å². The zero-order valence-corrected chi connectivity index (χ0v) is 9.72. The lowest BCUT2D eigenvalue weighted by atomic mass is 10.1. The maximum absolute atomic E-state index is 11.5. The van der Waals surface area contributed by atoms with E-state index in [1.165, 1.54) is 6.92 Å². The topological polar surface area (TPSA) is 22.0 Å². The summed E-state index contributed by atoms with van der Waals surface area (Å²) in [5.41, 5.74) is 2.69. The fourth-order valence-corrected chi connectivity index (χ4v) is 2.50. The number of aromatic nitrogens is 1. The number of benzene rings is 1. The molecule has 3 heteroatoms. The van der Waals surface area contributed by atoms with Crippen LogP contribution in [0.2, 0.25) is 5.02 Å². The summed E-state index contributed by atoms with van der Waals surface area (Å²) in [5.74, 6) is -0.00176. The van der Waals surface area contributed by atoms with Crippen LogP contribution in [0.3, 0.4) is 0 Å². The van der Waals surface area contributed by atoms with E-state index in [1.54, 1.807) is 0 Å². The second-order valence-electron chi connectivity index (χ2n) is 3.75. The molecular weight excluding hydrogens is 210 g/mol. The van der Waals surface area contributed by atoms with Crippen molar-refractivity contribution in [2.45, 2.75) is 13.8 Å². The number of nitrogens with zero attached hydrogens (tertiary/aromatic N) is 1. The molecule has 15 heavy (non-hydrogen) atoms. The van der Waals surface area contributed by atoms with Gasteiger partial charge in [-0.05, 0) is 18.6 Å². The van der Waals surface area contributed by atoms with Gasteiger partial charge in [0.1, 0.15) is 5.69 Å². The SMILES string of the molecule is CC(=O)c1c(Cl)c2c(C)cccc2n1C. The maximum Gasteiger partial charge on any atom is 0.177 e. The van der Waals surface area contributed by atoms with E-state index < -0.39 is 0 Å². The molecule has 2 rings (SSSR count). The number of aryl methyl sites for hydroxylation is 2. The van der Waals surface area contributed by atoms with E-state index in [0.29, 0.717) is 10.7 Å². The Morgan fingerprint density at radius 3 is 2.60 bits per heavy atom. The molecule has 0 aliphatic heterocycles. The first-order valence-corrected chi connectivity index (χ1v) is 5.16. The van der Waals surface area contributed by atoms with Gasteiger partial charge in [-0.25, -0.2) is 0 Å². The molecule has 1 aromatic carbocycles. The normalized spacial score (nSPS) is 10.9. The predicted molar refractivity (Wildman–Crippen MR) is 62.7 cm³/mol. The Morgan fingerprint density at radius 1 is 1.40 bits per heavy atom. The molecule has 0 radical (unpaired) electrons. The Hall–Kier alpha value is -1.28. The van der Waals surface area contributed by atoms with Gasteiger partial charge in [-0.2, -0.15) is 0 Å². The Labute approximate surface area is 93.5 Å². The summed E-state index contributed by atoms with van der Waals surface area (Å²) >= 11 is 6.22. The van der Waals surface area contributed by atoms with Gasteiger partial charge in [0.25, 0.3) is 0 Å². The van der Waals surface area contributed by atoms with Gasteiger partial charge in [0.2, 0.25) is 0 Å². The van der Waals surface area contributed by atoms with Crippen LogP contribution in [0.5, 0.6) is 0 Å². The molecule has 0 saturated carbocycles. The third-order valence-electron chi connectivity index (χ3n) is 2.71. The number of carbonyl (C=O) groups excluding carboxylic acids is 1. The zero-order valence-electron chi connectivity index (χ0n) is 8.97. The maximum atomic E-state index is 11.5. The average molecular weight is 222 g/mol. The minimum absolute atomic E-state index is 0.00176. The summed E-state index contributed by atoms with van der Waals surface area (Å²) < 4.78 is 1.85. The number of ketones is 1. The molecule has 2 aromatic rings. The lowest BCUT2D eigenvalue weighted by Crippen LogP contribution is -2.01. The predicted octanol–water partition coefficient (Wildman–Crippen LogP) is 3.34. The van der Waals surface area contributed by atoms with Gasteiger partial charge in [-0.15, -0.1) is 0 Å². The van der Waals surface area contributed by atoms with Gasteiger partial charge in [-0.1, -0.05) is 23.7 Å². The van der Waals surface area contributed by atoms with Crippen LogP contribution in [0.15, 0.2) is 18.2 Å². The second-order valence-corrected chi connectivity index (χ2v) is 4.12. The molecule has 0 aliphatic carbocycles. The van der Waals surface area contributed by atoms with Gasteiger partial charge >= 0.3 is 0 Å². The first-order chi connectivity index (χ1) is 7.04. The molecular formula is C12H12ClNO. The third-order valence-corrected chi connectivity index (χ3v) is 3.08. The van der Waals surface area contributed by atoms with Crippen LogP contribution >= 0.6 is 11.6 Å². The Balaban J connectivity index is 2.98. The van der Waals surface area contributed by atoms with Gasteiger partial charge in [-0.3, -0.25) is 4.79 Å². The van der Waals surface area contributed by atoms with Crippen molar-refractivity contribution in [3.05, 3.63) is 34.5 Å². The summed E-state index contributed by atoms with van der Waals surface area (Å²) in [7, 11) is 1.87. The van der Waals surface area contributed by atoms with Gasteiger partial charge in [0.05, 0.1) is 10.5 Å². The molecule has 0 fully saturated rings. The summed E-state index contributed by atoms with van der Waals surface area (Å²) in [5, 5.41) is 1.55. The smallest absolute Gasteiger partial charge is 0.177 e. The largest absolute Gasteiger partial charge is 0.340 e. The van der Waals surface area contributed by atoms with Crippen molar-refractivity contribution < 1.29 is 4.79 Å². The first-order valence-electron chi connectivity index (χ1n) is 4.78. The van der Waals surface area contributed by atoms with Crippen LogP contribution in [0.4, 0.5) is 0 Å². The van der Waals surface area contributed by atoms with Crippen molar-refractivity contribution in [3.8, 4) is 0 Å². The lowest BCUT2D eigenvalue weighted by Gasteiger charge is -1.99. The molecule has 0 bridgehead atoms. The zero-order chi connectivity index (χ0) is 11.2. The van der Waals surface area contributed by atoms with Crippen molar-refractivity contribution in [1.29, 1.82) is 0 Å². The van der Waals surface area contributed by atoms with Crippen LogP contribution in [0.25, 0.3) is 10.9 Å². The fraction of sp³-hybridized carbons (Fsp3) is 0.250. The van der Waals surface area contributed by atoms with E-state index in [-0.39, 0.29) is 5.78 Å². The third kappa shape index (κ3) is 1.37. The summed E-state index contributed by atoms with van der Waals surface area (Å²) in [4.78, 5) is 11.5. The number of hydrogen-bond donors (Lipinski definition) is 0. The van der Waals surface area contributed by atoms with Crippen LogP contribution in [-0.2, 0) is 7.05 Å². The van der Waals surface area contributed by atoms with E-state index in [4.69, 9.17) is 11.6 Å². The monoisotopic (exact) mass is 221 g/mol. The highest BCUT2D eigenvalue weighted by atomic mass is 35.5. The van der Waals surface area contributed by atoms with Crippen molar-refractivity contribution in [2.75, 3.05) is 0 Å². The minimum Gasteiger partial charge on any atom is -0.340 e. The molecule has 1 heterocycles. The molecule has 0 N–H and O–H groups in total. The minimum atomic E-state index is -0.00176. The number of hydrogen-bond acceptors (Lipinski definition) is 1. The molecule has 0 aliphatic rings. The van der Waals surface area contributed by atoms with Crippen molar-refractivity contribution >= 4 is 28.3 Å². The first kappa shape index (κ1) is 10.2. The molecule has 1 aromatic heterocycles. The standard InChI is InChI=1S/C12H12ClNO/c1-7-5-4-6-9-10(7)11(13)12(8(2)15)14(9)3/h4-6H,1-3H3. The molecule has 0 unspecified atom stereocenters. The average Bonchev–Trinajstić information content (AvgIpc) is 2.40. The van der Waals surface area contributed by atoms with Crippen LogP contribution in [-0.4, -0.2) is 10.4 Å². The highest BCUT2D eigenvalue weighted by Gasteiger charge is 2.17. The van der Waals surface area contributed by atoms with E-state index in [1.807, 2.05) is 36.7 Å². The molecule has 2 nitrogen and oxygen atoms in total. The lowest BCUT2D eigenvalue weighted by molar-refractivity contribution is 0.101. The Bertz CT molecular complexity index is 554. The van der Waals surface area contributed by atoms with E-state index in [2.05, 4.69) is 0 Å². The van der Waals surface area contributed by atoms with Crippen molar-refractivity contribution in [2.24, 2.45) is 7.05 Å². The van der Waals surface area contributed by atoms with E-state index in [0.717, 1.165) is 16.5 Å². The molecule has 0 saturated heterocycles. The van der Waals surface area contributed by atoms with Crippen LogP contribution in [0, 0.1) is 6.92 Å². The molecule has 0 atom stereocenters. The van der Waals surface area contributed by atoms with Crippen LogP contribution in [0.1, 0.15) is 23.0 Å². The second kappa shape index (κ2) is 3.38. The van der Waals surface area contributed by atoms with Gasteiger partial charge in [0.15, 0.2) is 5.78 Å². The molecule has 78 valence electrons. The van der Waals surface area contributed by atoms with Crippen molar-refractivity contribution in [3.63, 3.8) is 0 Å². The summed E-state index contributed by atoms with van der Waals surface area (Å²) in [6.45, 7) is 3.54. The van der Waals surface area contributed by atoms with Crippen LogP contribution < -0.4 is 0 Å². The number of Topliss-reactive ketones (excluding diaryl/α,β-unsaturated/α-hetero) is 1. The molecule has 0 amide bonds. The fourth-order valence-electron chi connectivity index (χ4n) is 1.99. The highest BCUT2D eigenvalue weighted by Crippen LogP contribution is 2.32. The number of halogens is 1. The quantitative estimate of drug-likeness (QED) is 0.677. The van der Waals surface area contributed by atoms with Gasteiger partial charge in [0, 0.05) is 19.4 Å². The number of carbonyl (C=O) groups is 1. The summed E-state index contributed by atoms with van der Waals surface area (Å²) in [6.07, 6.45) is 0. The van der Waals surface area contributed by atoms with Crippen molar-refractivity contribution in [1.82, 2.24) is 4.57 Å². The van der Waals surface area contributed by atoms with Gasteiger partial charge < -0.3 is 4.57 Å². The molecule has 0 spiro atoms. The number of fused-ring (bicyclic) bond motifs is 1.